The van der Waals surface area contributed by atoms with Crippen molar-refractivity contribution in [3.8, 4) is 17.2 Å². The first kappa shape index (κ1) is 37.6. The van der Waals surface area contributed by atoms with E-state index in [0.717, 1.165) is 22.3 Å². The Morgan fingerprint density at radius 1 is 0.589 bits per heavy atom. The van der Waals surface area contributed by atoms with E-state index in [0.29, 0.717) is 30.1 Å². The fourth-order valence-electron chi connectivity index (χ4n) is 9.22. The molecule has 0 aliphatic heterocycles. The highest BCUT2D eigenvalue weighted by atomic mass is 16.5. The number of phenols is 2. The smallest absolute Gasteiger partial charge is 0.122 e. The molecule has 3 saturated carbocycles. The van der Waals surface area contributed by atoms with Gasteiger partial charge in [0.15, 0.2) is 0 Å². The third-order valence-corrected chi connectivity index (χ3v) is 12.3. The van der Waals surface area contributed by atoms with Crippen molar-refractivity contribution >= 4 is 32.7 Å². The van der Waals surface area contributed by atoms with Crippen LogP contribution in [0.15, 0.2) is 84.9 Å². The summed E-state index contributed by atoms with van der Waals surface area (Å²) in [7, 11) is 1.95. The molecule has 3 aliphatic carbocycles. The molecule has 0 amide bonds. The number of hydrogen-bond acceptors (Lipinski definition) is 6. The Morgan fingerprint density at radius 2 is 1.11 bits per heavy atom. The Morgan fingerprint density at radius 3 is 1.71 bits per heavy atom. The maximum absolute atomic E-state index is 9.53. The molecular weight excluding hydrogens is 697 g/mol. The Bertz CT molecular complexity index is 2320. The van der Waals surface area contributed by atoms with Crippen molar-refractivity contribution in [2.45, 2.75) is 121 Å². The van der Waals surface area contributed by atoms with Crippen molar-refractivity contribution in [3.63, 3.8) is 0 Å². The fourth-order valence-corrected chi connectivity index (χ4v) is 9.22. The lowest BCUT2D eigenvalue weighted by Gasteiger charge is -2.20. The summed E-state index contributed by atoms with van der Waals surface area (Å²) >= 11 is 0. The van der Waals surface area contributed by atoms with Crippen LogP contribution in [0.3, 0.4) is 0 Å². The Labute approximate surface area is 329 Å². The van der Waals surface area contributed by atoms with Gasteiger partial charge in [-0.3, -0.25) is 14.9 Å². The van der Waals surface area contributed by atoms with Gasteiger partial charge in [0.1, 0.15) is 23.9 Å². The van der Waals surface area contributed by atoms with Crippen molar-refractivity contribution in [1.29, 1.82) is 0 Å². The van der Waals surface area contributed by atoms with Crippen LogP contribution in [0.4, 0.5) is 0 Å². The van der Waals surface area contributed by atoms with Crippen LogP contribution in [0.25, 0.3) is 32.7 Å². The van der Waals surface area contributed by atoms with E-state index in [1.54, 1.807) is 24.3 Å². The SMILES string of the molecule is Cn1nc(C2CCCCC2)c2ccc(O)cc21.Oc1ccc2c(C3CCCCC3)[nH]nc2c1.c1ccc(COc2ccc3c(C4CCCCC4)[nH]nc3c2)cc1. The van der Waals surface area contributed by atoms with Crippen LogP contribution in [0.1, 0.15) is 137 Å². The number of nitrogens with one attached hydrogen (secondary N) is 2. The minimum atomic E-state index is 0.286. The standard InChI is InChI=1S/C20H22N2O.C14H18N2O.C13H16N2O/c1-3-7-15(8-4-1)14-23-17-11-12-18-19(13-17)21-22-20(18)16-9-5-2-6-10-16;1-16-13-9-11(17)7-8-12(13)14(15-16)10-5-3-2-4-6-10;16-10-6-7-11-12(8-10)14-15-13(11)9-4-2-1-3-5-9/h1,3-4,7-8,11-13,16H,2,5-6,9-10,14H2,(H,21,22);7-10,17H,2-6H2,1H3;6-9,16H,1-5H2,(H,14,15). The molecule has 0 unspecified atom stereocenters. The van der Waals surface area contributed by atoms with Gasteiger partial charge in [-0.1, -0.05) is 88.1 Å². The summed E-state index contributed by atoms with van der Waals surface area (Å²) in [6, 6.07) is 27.5. The zero-order valence-corrected chi connectivity index (χ0v) is 32.7. The minimum Gasteiger partial charge on any atom is -0.508 e. The molecule has 4 aromatic carbocycles. The number of rotatable bonds is 6. The molecule has 0 bridgehead atoms. The molecule has 4 N–H and O–H groups in total. The Balaban J connectivity index is 0.000000121. The van der Waals surface area contributed by atoms with Gasteiger partial charge in [-0.15, -0.1) is 0 Å². The molecule has 10 rings (SSSR count). The number of H-pyrrole nitrogens is 2. The largest absolute Gasteiger partial charge is 0.508 e. The van der Waals surface area contributed by atoms with E-state index >= 15 is 0 Å². The molecule has 3 fully saturated rings. The lowest BCUT2D eigenvalue weighted by atomic mass is 9.86. The molecule has 9 nitrogen and oxygen atoms in total. The van der Waals surface area contributed by atoms with Crippen LogP contribution in [-0.2, 0) is 13.7 Å². The number of aromatic nitrogens is 6. The number of aromatic amines is 2. The number of aryl methyl sites for hydroxylation is 1. The third-order valence-electron chi connectivity index (χ3n) is 12.3. The minimum absolute atomic E-state index is 0.286. The van der Waals surface area contributed by atoms with E-state index in [4.69, 9.17) is 4.74 Å². The van der Waals surface area contributed by atoms with Crippen molar-refractivity contribution in [2.75, 3.05) is 0 Å². The maximum Gasteiger partial charge on any atom is 0.122 e. The quantitative estimate of drug-likeness (QED) is 0.134. The van der Waals surface area contributed by atoms with Gasteiger partial charge in [-0.2, -0.15) is 15.3 Å². The molecule has 0 radical (unpaired) electrons. The zero-order chi connectivity index (χ0) is 38.3. The number of aromatic hydroxyl groups is 2. The monoisotopic (exact) mass is 752 g/mol. The van der Waals surface area contributed by atoms with E-state index in [2.05, 4.69) is 49.8 Å². The first-order valence-corrected chi connectivity index (χ1v) is 21.0. The maximum atomic E-state index is 9.53. The molecule has 3 heterocycles. The second-order valence-electron chi connectivity index (χ2n) is 16.1. The van der Waals surface area contributed by atoms with E-state index in [1.807, 2.05) is 48.1 Å². The van der Waals surface area contributed by atoms with Crippen LogP contribution in [0.2, 0.25) is 0 Å². The number of nitrogens with zero attached hydrogens (tertiary/aromatic N) is 4. The highest BCUT2D eigenvalue weighted by Gasteiger charge is 2.23. The normalized spacial score (nSPS) is 17.0. The van der Waals surface area contributed by atoms with Gasteiger partial charge in [-0.25, -0.2) is 0 Å². The molecule has 9 heteroatoms. The lowest BCUT2D eigenvalue weighted by molar-refractivity contribution is 0.306. The molecule has 292 valence electrons. The van der Waals surface area contributed by atoms with Gasteiger partial charge in [0, 0.05) is 70.5 Å². The lowest BCUT2D eigenvalue weighted by Crippen LogP contribution is -2.06. The summed E-state index contributed by atoms with van der Waals surface area (Å²) in [4.78, 5) is 0. The number of phenolic OH excluding ortho intramolecular Hbond substituents is 2. The van der Waals surface area contributed by atoms with Gasteiger partial charge in [0.2, 0.25) is 0 Å². The van der Waals surface area contributed by atoms with Gasteiger partial charge >= 0.3 is 0 Å². The molecule has 3 aliphatic rings. The first-order valence-electron chi connectivity index (χ1n) is 21.0. The van der Waals surface area contributed by atoms with Crippen LogP contribution >= 0.6 is 0 Å². The second kappa shape index (κ2) is 17.7. The highest BCUT2D eigenvalue weighted by Crippen LogP contribution is 2.38. The third kappa shape index (κ3) is 8.72. The van der Waals surface area contributed by atoms with E-state index in [9.17, 15) is 10.2 Å². The van der Waals surface area contributed by atoms with E-state index < -0.39 is 0 Å². The van der Waals surface area contributed by atoms with Gasteiger partial charge in [-0.05, 0) is 80.5 Å². The van der Waals surface area contributed by atoms with E-state index in [-0.39, 0.29) is 5.75 Å². The second-order valence-corrected chi connectivity index (χ2v) is 16.1. The highest BCUT2D eigenvalue weighted by molar-refractivity contribution is 5.85. The fraction of sp³-hybridized carbons (Fsp3) is 0.426. The van der Waals surface area contributed by atoms with Crippen LogP contribution < -0.4 is 4.74 Å². The summed E-state index contributed by atoms with van der Waals surface area (Å²) in [5, 5.41) is 42.4. The zero-order valence-electron chi connectivity index (χ0n) is 32.7. The molecule has 0 spiro atoms. The van der Waals surface area contributed by atoms with Crippen LogP contribution in [0.5, 0.6) is 17.2 Å². The summed E-state index contributed by atoms with van der Waals surface area (Å²) in [6.45, 7) is 0.590. The van der Waals surface area contributed by atoms with Crippen molar-refractivity contribution in [3.05, 3.63) is 108 Å². The average molecular weight is 753 g/mol. The predicted molar refractivity (Wildman–Crippen MR) is 224 cm³/mol. The topological polar surface area (TPSA) is 125 Å². The molecule has 56 heavy (non-hydrogen) atoms. The predicted octanol–water partition coefficient (Wildman–Crippen LogP) is 11.8. The number of ether oxygens (including phenoxy) is 1. The Kier molecular flexibility index (Phi) is 11.9. The van der Waals surface area contributed by atoms with Gasteiger partial charge < -0.3 is 14.9 Å². The van der Waals surface area contributed by atoms with Crippen molar-refractivity contribution < 1.29 is 14.9 Å². The first-order chi connectivity index (χ1) is 27.5. The summed E-state index contributed by atoms with van der Waals surface area (Å²) in [6.07, 6.45) is 19.7. The summed E-state index contributed by atoms with van der Waals surface area (Å²) in [5.41, 5.74) is 7.89. The number of hydrogen-bond donors (Lipinski definition) is 4. The molecule has 0 saturated heterocycles. The molecule has 7 aromatic rings. The van der Waals surface area contributed by atoms with Crippen molar-refractivity contribution in [2.24, 2.45) is 7.05 Å². The molecule has 0 atom stereocenters. The van der Waals surface area contributed by atoms with Gasteiger partial charge in [0.05, 0.1) is 22.2 Å². The summed E-state index contributed by atoms with van der Waals surface area (Å²) in [5.74, 6) is 3.36. The summed E-state index contributed by atoms with van der Waals surface area (Å²) < 4.78 is 7.79. The molecule has 3 aromatic heterocycles. The average Bonchev–Trinajstić information content (AvgIpc) is 3.97. The van der Waals surface area contributed by atoms with E-state index in [1.165, 1.54) is 135 Å². The number of fused-ring (bicyclic) bond motifs is 3. The van der Waals surface area contributed by atoms with Gasteiger partial charge in [0.25, 0.3) is 0 Å². The van der Waals surface area contributed by atoms with Crippen molar-refractivity contribution in [1.82, 2.24) is 30.2 Å². The van der Waals surface area contributed by atoms with Crippen LogP contribution in [-0.4, -0.2) is 40.4 Å². The Hall–Kier alpha value is -5.31. The number of benzene rings is 4. The molecular formula is C47H56N6O3. The van der Waals surface area contributed by atoms with Crippen LogP contribution in [0, 0.1) is 0 Å².